The van der Waals surface area contributed by atoms with E-state index in [1.807, 2.05) is 0 Å². The van der Waals surface area contributed by atoms with Crippen LogP contribution in [0.1, 0.15) is 38.5 Å². The summed E-state index contributed by atoms with van der Waals surface area (Å²) in [5.74, 6) is 0. The van der Waals surface area contributed by atoms with Gasteiger partial charge in [-0.25, -0.2) is 0 Å². The van der Waals surface area contributed by atoms with Crippen LogP contribution in [-0.4, -0.2) is 12.6 Å². The highest BCUT2D eigenvalue weighted by Crippen LogP contribution is 2.24. The fourth-order valence-corrected chi connectivity index (χ4v) is 2.19. The van der Waals surface area contributed by atoms with Crippen LogP contribution in [0.2, 0.25) is 0 Å². The van der Waals surface area contributed by atoms with Gasteiger partial charge in [-0.15, -0.1) is 0 Å². The maximum atomic E-state index is 3.59. The van der Waals surface area contributed by atoms with Crippen molar-refractivity contribution in [2.24, 2.45) is 0 Å². The highest BCUT2D eigenvalue weighted by Gasteiger charge is 2.18. The van der Waals surface area contributed by atoms with Gasteiger partial charge in [0, 0.05) is 6.04 Å². The lowest BCUT2D eigenvalue weighted by molar-refractivity contribution is 0.462. The van der Waals surface area contributed by atoms with Crippen LogP contribution >= 0.6 is 0 Å². The zero-order valence-electron chi connectivity index (χ0n) is 7.10. The second-order valence-electron chi connectivity index (χ2n) is 3.67. The number of hydrogen-bond acceptors (Lipinski definition) is 1. The lowest BCUT2D eigenvalue weighted by Gasteiger charge is -2.25. The summed E-state index contributed by atoms with van der Waals surface area (Å²) >= 11 is 0. The minimum absolute atomic E-state index is 0.756. The SMILES string of the molecule is C1=C2CCCNC2CCCC1. The van der Waals surface area contributed by atoms with Gasteiger partial charge in [0.05, 0.1) is 0 Å². The van der Waals surface area contributed by atoms with E-state index in [1.54, 1.807) is 5.57 Å². The van der Waals surface area contributed by atoms with Gasteiger partial charge in [-0.05, 0) is 38.6 Å². The summed E-state index contributed by atoms with van der Waals surface area (Å²) in [6.07, 6.45) is 10.7. The van der Waals surface area contributed by atoms with E-state index in [0.717, 1.165) is 6.04 Å². The van der Waals surface area contributed by atoms with Gasteiger partial charge in [0.2, 0.25) is 0 Å². The average molecular weight is 151 g/mol. The Bertz CT molecular complexity index is 160. The number of fused-ring (bicyclic) bond motifs is 1. The normalized spacial score (nSPS) is 32.0. The van der Waals surface area contributed by atoms with Gasteiger partial charge >= 0.3 is 0 Å². The molecule has 2 aliphatic rings. The lowest BCUT2D eigenvalue weighted by atomic mass is 9.96. The topological polar surface area (TPSA) is 12.0 Å². The van der Waals surface area contributed by atoms with Crippen LogP contribution in [0.5, 0.6) is 0 Å². The largest absolute Gasteiger partial charge is 0.310 e. The Morgan fingerprint density at radius 1 is 1.27 bits per heavy atom. The third-order valence-electron chi connectivity index (χ3n) is 2.83. The van der Waals surface area contributed by atoms with Crippen LogP contribution < -0.4 is 5.32 Å². The molecule has 0 spiro atoms. The molecule has 0 aromatic heterocycles. The number of piperidine rings is 1. The molecule has 1 N–H and O–H groups in total. The molecule has 1 heteroatoms. The molecule has 1 unspecified atom stereocenters. The van der Waals surface area contributed by atoms with Crippen LogP contribution in [0, 0.1) is 0 Å². The second-order valence-corrected chi connectivity index (χ2v) is 3.67. The zero-order chi connectivity index (χ0) is 7.52. The lowest BCUT2D eigenvalue weighted by Crippen LogP contribution is -2.35. The van der Waals surface area contributed by atoms with Crippen LogP contribution in [-0.2, 0) is 0 Å². The third kappa shape index (κ3) is 1.64. The standard InChI is InChI=1S/C10H17N/c1-2-5-9-6-4-8-11-10(9)7-3-1/h5,10-11H,1-4,6-8H2. The van der Waals surface area contributed by atoms with Crippen molar-refractivity contribution in [2.45, 2.75) is 44.6 Å². The highest BCUT2D eigenvalue weighted by molar-refractivity contribution is 5.14. The van der Waals surface area contributed by atoms with Crippen LogP contribution in [0.4, 0.5) is 0 Å². The van der Waals surface area contributed by atoms with Gasteiger partial charge in [-0.2, -0.15) is 0 Å². The fraction of sp³-hybridized carbons (Fsp3) is 0.800. The Hall–Kier alpha value is -0.300. The molecule has 0 radical (unpaired) electrons. The minimum atomic E-state index is 0.756. The first kappa shape index (κ1) is 7.35. The van der Waals surface area contributed by atoms with Crippen molar-refractivity contribution in [1.29, 1.82) is 0 Å². The van der Waals surface area contributed by atoms with Crippen molar-refractivity contribution in [1.82, 2.24) is 5.32 Å². The first-order valence-electron chi connectivity index (χ1n) is 4.89. The van der Waals surface area contributed by atoms with Gasteiger partial charge in [-0.3, -0.25) is 0 Å². The van der Waals surface area contributed by atoms with E-state index >= 15 is 0 Å². The van der Waals surface area contributed by atoms with Crippen molar-refractivity contribution in [3.8, 4) is 0 Å². The summed E-state index contributed by atoms with van der Waals surface area (Å²) in [4.78, 5) is 0. The number of allylic oxidation sites excluding steroid dienone is 1. The summed E-state index contributed by atoms with van der Waals surface area (Å²) in [7, 11) is 0. The highest BCUT2D eigenvalue weighted by atomic mass is 14.9. The van der Waals surface area contributed by atoms with Crippen LogP contribution in [0.25, 0.3) is 0 Å². The molecular weight excluding hydrogens is 134 g/mol. The van der Waals surface area contributed by atoms with E-state index in [4.69, 9.17) is 0 Å². The number of hydrogen-bond donors (Lipinski definition) is 1. The minimum Gasteiger partial charge on any atom is -0.310 e. The van der Waals surface area contributed by atoms with Gasteiger partial charge in [0.25, 0.3) is 0 Å². The molecule has 1 fully saturated rings. The first-order valence-corrected chi connectivity index (χ1v) is 4.89. The Balaban J connectivity index is 2.06. The quantitative estimate of drug-likeness (QED) is 0.523. The summed E-state index contributed by atoms with van der Waals surface area (Å²) in [6, 6.07) is 0.756. The fourth-order valence-electron chi connectivity index (χ4n) is 2.19. The molecule has 1 nitrogen and oxygen atoms in total. The summed E-state index contributed by atoms with van der Waals surface area (Å²) < 4.78 is 0. The molecule has 1 saturated heterocycles. The Labute approximate surface area is 68.9 Å². The summed E-state index contributed by atoms with van der Waals surface area (Å²) in [5, 5.41) is 3.59. The van der Waals surface area contributed by atoms with Crippen molar-refractivity contribution >= 4 is 0 Å². The Morgan fingerprint density at radius 2 is 2.27 bits per heavy atom. The molecule has 0 aromatic rings. The maximum Gasteiger partial charge on any atom is 0.0279 e. The molecule has 1 heterocycles. The molecule has 2 rings (SSSR count). The molecule has 11 heavy (non-hydrogen) atoms. The van der Waals surface area contributed by atoms with Crippen LogP contribution in [0.3, 0.4) is 0 Å². The Kier molecular flexibility index (Phi) is 2.27. The molecule has 0 aromatic carbocycles. The van der Waals surface area contributed by atoms with Gasteiger partial charge in [0.15, 0.2) is 0 Å². The van der Waals surface area contributed by atoms with Crippen LogP contribution in [0.15, 0.2) is 11.6 Å². The molecule has 1 aliphatic carbocycles. The van der Waals surface area contributed by atoms with Crippen molar-refractivity contribution in [3.63, 3.8) is 0 Å². The first-order chi connectivity index (χ1) is 5.47. The molecule has 62 valence electrons. The molecule has 0 amide bonds. The van der Waals surface area contributed by atoms with E-state index in [9.17, 15) is 0 Å². The number of nitrogens with one attached hydrogen (secondary N) is 1. The molecule has 0 saturated carbocycles. The third-order valence-corrected chi connectivity index (χ3v) is 2.83. The second kappa shape index (κ2) is 3.40. The van der Waals surface area contributed by atoms with Crippen molar-refractivity contribution in [2.75, 3.05) is 6.54 Å². The van der Waals surface area contributed by atoms with E-state index in [2.05, 4.69) is 11.4 Å². The predicted molar refractivity (Wildman–Crippen MR) is 47.6 cm³/mol. The van der Waals surface area contributed by atoms with E-state index in [-0.39, 0.29) is 0 Å². The van der Waals surface area contributed by atoms with Gasteiger partial charge in [0.1, 0.15) is 0 Å². The predicted octanol–water partition coefficient (Wildman–Crippen LogP) is 2.24. The van der Waals surface area contributed by atoms with Gasteiger partial charge in [-0.1, -0.05) is 18.1 Å². The van der Waals surface area contributed by atoms with E-state index in [1.165, 1.54) is 45.1 Å². The van der Waals surface area contributed by atoms with Gasteiger partial charge < -0.3 is 5.32 Å². The van der Waals surface area contributed by atoms with E-state index in [0.29, 0.717) is 0 Å². The smallest absolute Gasteiger partial charge is 0.0279 e. The molecule has 1 atom stereocenters. The molecule has 1 aliphatic heterocycles. The van der Waals surface area contributed by atoms with Crippen molar-refractivity contribution < 1.29 is 0 Å². The van der Waals surface area contributed by atoms with E-state index < -0.39 is 0 Å². The zero-order valence-corrected chi connectivity index (χ0v) is 7.10. The molecular formula is C10H17N. The Morgan fingerprint density at radius 3 is 3.27 bits per heavy atom. The number of rotatable bonds is 0. The molecule has 0 bridgehead atoms. The summed E-state index contributed by atoms with van der Waals surface area (Å²) in [5.41, 5.74) is 1.70. The monoisotopic (exact) mass is 151 g/mol. The average Bonchev–Trinajstić information content (AvgIpc) is 2.28. The maximum absolute atomic E-state index is 3.59. The van der Waals surface area contributed by atoms with Crippen molar-refractivity contribution in [3.05, 3.63) is 11.6 Å². The summed E-state index contributed by atoms with van der Waals surface area (Å²) in [6.45, 7) is 1.24.